The molecule has 1 aromatic heterocycles. The van der Waals surface area contributed by atoms with Crippen molar-refractivity contribution in [1.82, 2.24) is 9.78 Å². The monoisotopic (exact) mass is 357 g/mol. The fourth-order valence-electron chi connectivity index (χ4n) is 1.82. The molecule has 0 unspecified atom stereocenters. The highest BCUT2D eigenvalue weighted by molar-refractivity contribution is 9.10. The average molecular weight is 358 g/mol. The summed E-state index contributed by atoms with van der Waals surface area (Å²) in [7, 11) is -3.49. The maximum absolute atomic E-state index is 12.4. The summed E-state index contributed by atoms with van der Waals surface area (Å²) >= 11 is 3.26. The maximum Gasteiger partial charge on any atom is 0.186 e. The number of halogens is 1. The van der Waals surface area contributed by atoms with Crippen LogP contribution in [0.1, 0.15) is 25.6 Å². The quantitative estimate of drug-likeness (QED) is 0.853. The van der Waals surface area contributed by atoms with Gasteiger partial charge in [-0.05, 0) is 38.1 Å². The Balaban J connectivity index is 2.30. The van der Waals surface area contributed by atoms with E-state index in [0.717, 1.165) is 4.47 Å². The lowest BCUT2D eigenvalue weighted by atomic mass is 10.3. The van der Waals surface area contributed by atoms with Crippen molar-refractivity contribution in [2.75, 3.05) is 5.73 Å². The summed E-state index contributed by atoms with van der Waals surface area (Å²) in [5.74, 6) is -0.154. The first-order valence-electron chi connectivity index (χ1n) is 6.11. The average Bonchev–Trinajstić information content (AvgIpc) is 2.76. The molecule has 1 heterocycles. The number of rotatable bonds is 4. The van der Waals surface area contributed by atoms with E-state index in [4.69, 9.17) is 5.73 Å². The van der Waals surface area contributed by atoms with Gasteiger partial charge in [-0.25, -0.2) is 8.42 Å². The van der Waals surface area contributed by atoms with Crippen LogP contribution in [-0.2, 0) is 15.6 Å². The van der Waals surface area contributed by atoms with Crippen LogP contribution < -0.4 is 5.73 Å². The van der Waals surface area contributed by atoms with Gasteiger partial charge in [0.2, 0.25) is 0 Å². The number of aromatic nitrogens is 2. The van der Waals surface area contributed by atoms with E-state index >= 15 is 0 Å². The van der Waals surface area contributed by atoms with Crippen LogP contribution in [0.3, 0.4) is 0 Å². The number of nitrogens with zero attached hydrogens (tertiary/aromatic N) is 2. The summed E-state index contributed by atoms with van der Waals surface area (Å²) in [5, 5.41) is 4.26. The number of anilines is 1. The minimum Gasteiger partial charge on any atom is -0.398 e. The van der Waals surface area contributed by atoms with Gasteiger partial charge >= 0.3 is 0 Å². The molecule has 2 rings (SSSR count). The molecule has 0 atom stereocenters. The number of nitrogen functional groups attached to an aromatic ring is 1. The van der Waals surface area contributed by atoms with Crippen LogP contribution in [0.25, 0.3) is 0 Å². The van der Waals surface area contributed by atoms with Crippen LogP contribution in [0, 0.1) is 0 Å². The molecule has 5 nitrogen and oxygen atoms in total. The number of benzene rings is 1. The Morgan fingerprint density at radius 3 is 2.60 bits per heavy atom. The predicted molar refractivity (Wildman–Crippen MR) is 82.1 cm³/mol. The van der Waals surface area contributed by atoms with Gasteiger partial charge < -0.3 is 5.73 Å². The third-order valence-electron chi connectivity index (χ3n) is 2.84. The zero-order chi connectivity index (χ0) is 14.9. The molecule has 0 aliphatic carbocycles. The molecule has 0 fully saturated rings. The Morgan fingerprint density at radius 2 is 2.05 bits per heavy atom. The highest BCUT2D eigenvalue weighted by Crippen LogP contribution is 2.25. The van der Waals surface area contributed by atoms with Gasteiger partial charge in [-0.2, -0.15) is 5.10 Å². The molecular weight excluding hydrogens is 342 g/mol. The summed E-state index contributed by atoms with van der Waals surface area (Å²) in [6.45, 7) is 3.97. The van der Waals surface area contributed by atoms with Gasteiger partial charge in [0.15, 0.2) is 9.84 Å². The van der Waals surface area contributed by atoms with Crippen LogP contribution in [0.15, 0.2) is 39.8 Å². The lowest BCUT2D eigenvalue weighted by molar-refractivity contribution is 0.527. The number of sulfone groups is 1. The Bertz CT molecular complexity index is 723. The second kappa shape index (κ2) is 5.57. The van der Waals surface area contributed by atoms with Crippen molar-refractivity contribution >= 4 is 31.5 Å². The topological polar surface area (TPSA) is 78.0 Å². The lowest BCUT2D eigenvalue weighted by Gasteiger charge is -2.07. The fraction of sp³-hybridized carbons (Fsp3) is 0.308. The first kappa shape index (κ1) is 15.1. The molecule has 0 saturated heterocycles. The Kier molecular flexibility index (Phi) is 4.19. The smallest absolute Gasteiger partial charge is 0.186 e. The number of hydrogen-bond donors (Lipinski definition) is 1. The van der Waals surface area contributed by atoms with E-state index in [-0.39, 0.29) is 22.4 Å². The van der Waals surface area contributed by atoms with E-state index in [1.807, 2.05) is 13.8 Å². The second-order valence-electron chi connectivity index (χ2n) is 4.82. The molecule has 0 spiro atoms. The van der Waals surface area contributed by atoms with E-state index in [0.29, 0.717) is 5.69 Å². The third-order valence-corrected chi connectivity index (χ3v) is 5.05. The molecule has 0 bridgehead atoms. The molecule has 0 aliphatic heterocycles. The van der Waals surface area contributed by atoms with Crippen molar-refractivity contribution < 1.29 is 8.42 Å². The summed E-state index contributed by atoms with van der Waals surface area (Å²) in [4.78, 5) is 0.139. The molecule has 0 aliphatic rings. The lowest BCUT2D eigenvalue weighted by Crippen LogP contribution is -2.09. The summed E-state index contributed by atoms with van der Waals surface area (Å²) in [6, 6.07) is 6.67. The Hall–Kier alpha value is -1.34. The van der Waals surface area contributed by atoms with Crippen LogP contribution in [-0.4, -0.2) is 18.2 Å². The molecule has 0 amide bonds. The van der Waals surface area contributed by atoms with Crippen molar-refractivity contribution in [2.24, 2.45) is 0 Å². The first-order valence-corrected chi connectivity index (χ1v) is 8.56. The van der Waals surface area contributed by atoms with E-state index in [1.165, 1.54) is 6.07 Å². The highest BCUT2D eigenvalue weighted by atomic mass is 79.9. The standard InChI is InChI=1S/C13H16BrN3O2S/c1-9(2)17-6-5-11(16-17)8-20(18,19)13-4-3-10(14)7-12(13)15/h3-7,9H,8,15H2,1-2H3. The molecule has 20 heavy (non-hydrogen) atoms. The van der Waals surface area contributed by atoms with E-state index in [1.54, 1.807) is 29.1 Å². The molecular formula is C13H16BrN3O2S. The number of nitrogens with two attached hydrogens (primary N) is 1. The van der Waals surface area contributed by atoms with Crippen molar-refractivity contribution in [2.45, 2.75) is 30.5 Å². The van der Waals surface area contributed by atoms with Crippen LogP contribution in [0.4, 0.5) is 5.69 Å². The molecule has 2 N–H and O–H groups in total. The van der Waals surface area contributed by atoms with E-state index in [2.05, 4.69) is 21.0 Å². The Morgan fingerprint density at radius 1 is 1.35 bits per heavy atom. The highest BCUT2D eigenvalue weighted by Gasteiger charge is 2.20. The molecule has 2 aromatic rings. The third kappa shape index (κ3) is 3.21. The maximum atomic E-state index is 12.4. The SMILES string of the molecule is CC(C)n1ccc(CS(=O)(=O)c2ccc(Br)cc2N)n1. The fourth-order valence-corrected chi connectivity index (χ4v) is 3.59. The van der Waals surface area contributed by atoms with E-state index in [9.17, 15) is 8.42 Å². The van der Waals surface area contributed by atoms with Gasteiger partial charge in [0.05, 0.1) is 22.0 Å². The van der Waals surface area contributed by atoms with Gasteiger partial charge in [-0.3, -0.25) is 4.68 Å². The van der Waals surface area contributed by atoms with Crippen molar-refractivity contribution in [3.05, 3.63) is 40.6 Å². The van der Waals surface area contributed by atoms with Crippen LogP contribution >= 0.6 is 15.9 Å². The molecule has 7 heteroatoms. The predicted octanol–water partition coefficient (Wildman–Crippen LogP) is 2.78. The molecule has 0 saturated carbocycles. The van der Waals surface area contributed by atoms with Crippen molar-refractivity contribution in [1.29, 1.82) is 0 Å². The molecule has 108 valence electrons. The van der Waals surface area contributed by atoms with Crippen LogP contribution in [0.5, 0.6) is 0 Å². The van der Waals surface area contributed by atoms with Gasteiger partial charge in [0.25, 0.3) is 0 Å². The molecule has 0 radical (unpaired) electrons. The minimum atomic E-state index is -3.49. The number of hydrogen-bond acceptors (Lipinski definition) is 4. The van der Waals surface area contributed by atoms with Gasteiger partial charge in [0, 0.05) is 16.7 Å². The van der Waals surface area contributed by atoms with Crippen LogP contribution in [0.2, 0.25) is 0 Å². The minimum absolute atomic E-state index is 0.139. The van der Waals surface area contributed by atoms with E-state index < -0.39 is 9.84 Å². The van der Waals surface area contributed by atoms with Crippen molar-refractivity contribution in [3.8, 4) is 0 Å². The first-order chi connectivity index (χ1) is 9.29. The summed E-state index contributed by atoms with van der Waals surface area (Å²) < 4.78 is 27.2. The second-order valence-corrected chi connectivity index (χ2v) is 7.70. The van der Waals surface area contributed by atoms with Gasteiger partial charge in [-0.15, -0.1) is 0 Å². The van der Waals surface area contributed by atoms with Gasteiger partial charge in [-0.1, -0.05) is 15.9 Å². The summed E-state index contributed by atoms with van der Waals surface area (Å²) in [6.07, 6.45) is 1.78. The van der Waals surface area contributed by atoms with Gasteiger partial charge in [0.1, 0.15) is 0 Å². The Labute approximate surface area is 126 Å². The normalized spacial score (nSPS) is 12.0. The zero-order valence-electron chi connectivity index (χ0n) is 11.2. The largest absolute Gasteiger partial charge is 0.398 e. The molecule has 1 aromatic carbocycles. The zero-order valence-corrected chi connectivity index (χ0v) is 13.6. The summed E-state index contributed by atoms with van der Waals surface area (Å²) in [5.41, 5.74) is 6.53. The van der Waals surface area contributed by atoms with Crippen molar-refractivity contribution in [3.63, 3.8) is 0 Å².